The first-order chi connectivity index (χ1) is 10.1. The van der Waals surface area contributed by atoms with Crippen LogP contribution in [-0.2, 0) is 22.9 Å². The van der Waals surface area contributed by atoms with Crippen LogP contribution in [0.15, 0.2) is 41.4 Å². The third-order valence-corrected chi connectivity index (χ3v) is 23.1. The normalized spacial score (nSPS) is 26.2. The Hall–Kier alpha value is 0.844. The number of hydrogen-bond donors (Lipinski definition) is 0. The SMILES string of the molecule is C[Si]1(C2=[C]([Hf+2][C]3=C([Si]4(C)CCC4)C=CC3)CC=C2)CCC1.[Cl-].[Cl-]. The summed E-state index contributed by atoms with van der Waals surface area (Å²) in [5.41, 5.74) is 0. The van der Waals surface area contributed by atoms with E-state index in [0.29, 0.717) is 0 Å². The van der Waals surface area contributed by atoms with Gasteiger partial charge in [-0.2, -0.15) is 0 Å². The van der Waals surface area contributed by atoms with Crippen molar-refractivity contribution < 1.29 is 47.7 Å². The number of hydrogen-bond acceptors (Lipinski definition) is 0. The zero-order chi connectivity index (χ0) is 14.5. The van der Waals surface area contributed by atoms with Crippen LogP contribution in [0.3, 0.4) is 0 Å². The first-order valence-corrected chi connectivity index (χ1v) is 18.1. The van der Waals surface area contributed by atoms with Crippen molar-refractivity contribution in [2.24, 2.45) is 0 Å². The van der Waals surface area contributed by atoms with Gasteiger partial charge in [-0.25, -0.2) is 0 Å². The number of rotatable bonds is 4. The van der Waals surface area contributed by atoms with Crippen LogP contribution in [0.4, 0.5) is 0 Å². The Morgan fingerprint density at radius 2 is 1.13 bits per heavy atom. The Morgan fingerprint density at radius 3 is 1.43 bits per heavy atom. The van der Waals surface area contributed by atoms with Crippen molar-refractivity contribution in [3.63, 3.8) is 0 Å². The van der Waals surface area contributed by atoms with Gasteiger partial charge in [0.15, 0.2) is 0 Å². The molecule has 2 heterocycles. The van der Waals surface area contributed by atoms with Crippen LogP contribution in [0.25, 0.3) is 0 Å². The summed E-state index contributed by atoms with van der Waals surface area (Å²) in [5.74, 6) is 0. The Balaban J connectivity index is 0.000000960. The summed E-state index contributed by atoms with van der Waals surface area (Å²) in [6.07, 6.45) is 15.9. The maximum Gasteiger partial charge on any atom is -1.00 e. The van der Waals surface area contributed by atoms with Crippen molar-refractivity contribution in [2.45, 2.75) is 63.0 Å². The molecule has 0 aromatic rings. The van der Waals surface area contributed by atoms with E-state index in [-0.39, 0.29) is 24.8 Å². The van der Waals surface area contributed by atoms with Gasteiger partial charge >= 0.3 is 143 Å². The molecule has 23 heavy (non-hydrogen) atoms. The quantitative estimate of drug-likeness (QED) is 0.419. The van der Waals surface area contributed by atoms with Gasteiger partial charge < -0.3 is 24.8 Å². The van der Waals surface area contributed by atoms with Gasteiger partial charge in [0.05, 0.1) is 0 Å². The van der Waals surface area contributed by atoms with Gasteiger partial charge in [0.25, 0.3) is 0 Å². The molecule has 0 spiro atoms. The molecule has 0 atom stereocenters. The fraction of sp³-hybridized carbons (Fsp3) is 0.556. The molecule has 4 rings (SSSR count). The molecule has 0 N–H and O–H groups in total. The summed E-state index contributed by atoms with van der Waals surface area (Å²) in [6, 6.07) is 6.32. The smallest absolute Gasteiger partial charge is 1.00 e. The minimum Gasteiger partial charge on any atom is -1.00 e. The first kappa shape index (κ1) is 20.2. The molecule has 0 nitrogen and oxygen atoms in total. The molecule has 124 valence electrons. The predicted molar refractivity (Wildman–Crippen MR) is 93.3 cm³/mol. The second-order valence-corrected chi connectivity index (χ2v) is 22.5. The van der Waals surface area contributed by atoms with E-state index < -0.39 is 39.1 Å². The van der Waals surface area contributed by atoms with Crippen LogP contribution in [0, 0.1) is 0 Å². The van der Waals surface area contributed by atoms with Crippen molar-refractivity contribution in [3.05, 3.63) is 41.4 Å². The summed E-state index contributed by atoms with van der Waals surface area (Å²) < 4.78 is 4.02. The van der Waals surface area contributed by atoms with Gasteiger partial charge in [-0.15, -0.1) is 0 Å². The average molecular weight is 548 g/mol. The standard InChI is InChI=1S/2C9H13Si.2ClH.Hf/c2*1-10(7-4-8-10)9-5-2-3-6-9;;;/h2*2,5H,3-4,7-8H2,1H3;2*1H;/q;;;;+2/p-2. The van der Waals surface area contributed by atoms with Gasteiger partial charge in [-0.3, -0.25) is 0 Å². The Morgan fingerprint density at radius 1 is 0.739 bits per heavy atom. The van der Waals surface area contributed by atoms with E-state index in [2.05, 4.69) is 37.4 Å². The molecule has 2 saturated heterocycles. The summed E-state index contributed by atoms with van der Waals surface area (Å²) in [6.45, 7) is 5.32. The van der Waals surface area contributed by atoms with E-state index >= 15 is 0 Å². The summed E-state index contributed by atoms with van der Waals surface area (Å²) in [7, 11) is -1.90. The summed E-state index contributed by atoms with van der Waals surface area (Å²) in [4.78, 5) is 0. The van der Waals surface area contributed by atoms with Crippen LogP contribution < -0.4 is 24.8 Å². The monoisotopic (exact) mass is 548 g/mol. The van der Waals surface area contributed by atoms with E-state index in [1.54, 1.807) is 24.2 Å². The molecule has 2 aliphatic carbocycles. The van der Waals surface area contributed by atoms with Crippen molar-refractivity contribution in [2.75, 3.05) is 0 Å². The Labute approximate surface area is 167 Å². The van der Waals surface area contributed by atoms with Crippen molar-refractivity contribution in [1.82, 2.24) is 0 Å². The number of halogens is 2. The van der Waals surface area contributed by atoms with E-state index in [9.17, 15) is 0 Å². The number of allylic oxidation sites excluding steroid dienone is 8. The van der Waals surface area contributed by atoms with Gasteiger partial charge in [-0.1, -0.05) is 0 Å². The largest absolute Gasteiger partial charge is 1.00 e. The maximum atomic E-state index is 2.66. The molecule has 2 fully saturated rings. The van der Waals surface area contributed by atoms with Crippen molar-refractivity contribution in [3.8, 4) is 0 Å². The van der Waals surface area contributed by atoms with Gasteiger partial charge in [0.1, 0.15) is 0 Å². The summed E-state index contributed by atoms with van der Waals surface area (Å²) in [5, 5.41) is 3.88. The molecule has 0 aromatic carbocycles. The van der Waals surface area contributed by atoms with Gasteiger partial charge in [0.2, 0.25) is 0 Å². The Kier molecular flexibility index (Phi) is 6.67. The van der Waals surface area contributed by atoms with E-state index in [0.717, 1.165) is 0 Å². The molecule has 2 aliphatic heterocycles. The van der Waals surface area contributed by atoms with Crippen LogP contribution in [-0.4, -0.2) is 16.1 Å². The molecular weight excluding hydrogens is 522 g/mol. The maximum absolute atomic E-state index is 2.66. The fourth-order valence-corrected chi connectivity index (χ4v) is 23.1. The minimum atomic E-state index is -0.951. The van der Waals surface area contributed by atoms with Crippen LogP contribution in [0.1, 0.15) is 25.7 Å². The molecule has 0 aromatic heterocycles. The molecule has 0 radical (unpaired) electrons. The van der Waals surface area contributed by atoms with Crippen LogP contribution >= 0.6 is 0 Å². The van der Waals surface area contributed by atoms with E-state index in [4.69, 9.17) is 0 Å². The first-order valence-electron chi connectivity index (χ1n) is 8.68. The Bertz CT molecular complexity index is 544. The van der Waals surface area contributed by atoms with Gasteiger partial charge in [-0.05, 0) is 0 Å². The molecular formula is C18H26Cl2HfSi2. The average Bonchev–Trinajstić information content (AvgIpc) is 3.03. The second kappa shape index (κ2) is 7.61. The molecule has 0 unspecified atom stereocenters. The van der Waals surface area contributed by atoms with E-state index in [1.165, 1.54) is 25.7 Å². The zero-order valence-electron chi connectivity index (χ0n) is 14.2. The zero-order valence-corrected chi connectivity index (χ0v) is 21.3. The third kappa shape index (κ3) is 3.55. The molecule has 4 aliphatic rings. The van der Waals surface area contributed by atoms with E-state index in [1.807, 2.05) is 17.1 Å². The van der Waals surface area contributed by atoms with Crippen molar-refractivity contribution in [1.29, 1.82) is 0 Å². The second-order valence-electron chi connectivity index (χ2n) is 7.95. The third-order valence-electron chi connectivity index (χ3n) is 6.38. The van der Waals surface area contributed by atoms with Gasteiger partial charge in [0, 0.05) is 0 Å². The fourth-order valence-electron chi connectivity index (χ4n) is 4.51. The van der Waals surface area contributed by atoms with Crippen LogP contribution in [0.2, 0.25) is 37.3 Å². The van der Waals surface area contributed by atoms with Crippen LogP contribution in [0.5, 0.6) is 0 Å². The molecule has 0 bridgehead atoms. The predicted octanol–water partition coefficient (Wildman–Crippen LogP) is -0.452. The minimum absolute atomic E-state index is 0. The molecule has 0 amide bonds. The molecule has 5 heteroatoms. The van der Waals surface area contributed by atoms with Crippen molar-refractivity contribution >= 4 is 16.1 Å². The topological polar surface area (TPSA) is 0 Å². The molecule has 0 saturated carbocycles. The summed E-state index contributed by atoms with van der Waals surface area (Å²) >= 11 is -0.719.